The average Bonchev–Trinajstić information content (AvgIpc) is 2.91. The van der Waals surface area contributed by atoms with Gasteiger partial charge in [-0.3, -0.25) is 0 Å². The molecule has 1 nitrogen and oxygen atoms in total. The van der Waals surface area contributed by atoms with E-state index in [4.69, 9.17) is 16.3 Å². The van der Waals surface area contributed by atoms with E-state index in [1.807, 2.05) is 12.1 Å². The van der Waals surface area contributed by atoms with Gasteiger partial charge < -0.3 is 4.74 Å². The number of alkyl halides is 1. The van der Waals surface area contributed by atoms with Crippen LogP contribution in [0.15, 0.2) is 41.1 Å². The van der Waals surface area contributed by atoms with E-state index >= 15 is 0 Å². The van der Waals surface area contributed by atoms with Crippen LogP contribution in [-0.4, -0.2) is 13.0 Å². The first-order chi connectivity index (χ1) is 8.81. The average molecular weight is 281 g/mol. The molecule has 0 N–H and O–H groups in total. The van der Waals surface area contributed by atoms with Crippen molar-refractivity contribution in [3.63, 3.8) is 0 Å². The maximum absolute atomic E-state index is 6.07. The molecule has 0 aliphatic carbocycles. The van der Waals surface area contributed by atoms with Crippen LogP contribution in [-0.2, 0) is 12.8 Å². The number of hydrogen-bond donors (Lipinski definition) is 0. The van der Waals surface area contributed by atoms with Crippen LogP contribution in [0.1, 0.15) is 11.1 Å². The van der Waals surface area contributed by atoms with Gasteiger partial charge >= 0.3 is 0 Å². The van der Waals surface area contributed by atoms with Crippen molar-refractivity contribution in [2.24, 2.45) is 5.92 Å². The second kappa shape index (κ2) is 6.81. The number of benzene rings is 1. The lowest BCUT2D eigenvalue weighted by atomic mass is 9.95. The maximum Gasteiger partial charge on any atom is 0.118 e. The Bertz CT molecular complexity index is 450. The zero-order chi connectivity index (χ0) is 12.8. The van der Waals surface area contributed by atoms with Gasteiger partial charge in [-0.05, 0) is 58.8 Å². The molecule has 1 unspecified atom stereocenters. The molecule has 0 aliphatic rings. The number of hydrogen-bond acceptors (Lipinski definition) is 2. The fourth-order valence-corrected chi connectivity index (χ4v) is 2.92. The lowest BCUT2D eigenvalue weighted by molar-refractivity contribution is 0.414. The first-order valence-corrected chi connectivity index (χ1v) is 7.49. The van der Waals surface area contributed by atoms with E-state index in [9.17, 15) is 0 Å². The minimum Gasteiger partial charge on any atom is -0.497 e. The minimum absolute atomic E-state index is 0.495. The van der Waals surface area contributed by atoms with Gasteiger partial charge in [0.25, 0.3) is 0 Å². The van der Waals surface area contributed by atoms with Crippen LogP contribution in [0.4, 0.5) is 0 Å². The molecule has 3 heteroatoms. The Kier molecular flexibility index (Phi) is 5.09. The van der Waals surface area contributed by atoms with Crippen LogP contribution in [0.25, 0.3) is 0 Å². The molecule has 0 saturated carbocycles. The molecule has 1 aromatic carbocycles. The summed E-state index contributed by atoms with van der Waals surface area (Å²) in [5.41, 5.74) is 2.70. The zero-order valence-corrected chi connectivity index (χ0v) is 12.0. The predicted molar refractivity (Wildman–Crippen MR) is 78.9 cm³/mol. The van der Waals surface area contributed by atoms with Crippen molar-refractivity contribution in [1.29, 1.82) is 0 Å². The van der Waals surface area contributed by atoms with Gasteiger partial charge in [0.05, 0.1) is 7.11 Å². The highest BCUT2D eigenvalue weighted by molar-refractivity contribution is 7.07. The third-order valence-corrected chi connectivity index (χ3v) is 4.17. The molecule has 96 valence electrons. The molecular formula is C15H17ClOS. The van der Waals surface area contributed by atoms with Crippen molar-refractivity contribution in [1.82, 2.24) is 0 Å². The van der Waals surface area contributed by atoms with Crippen LogP contribution in [0, 0.1) is 5.92 Å². The summed E-state index contributed by atoms with van der Waals surface area (Å²) in [4.78, 5) is 0. The monoisotopic (exact) mass is 280 g/mol. The number of halogens is 1. The van der Waals surface area contributed by atoms with Gasteiger partial charge in [0.2, 0.25) is 0 Å². The Hall–Kier alpha value is -0.990. The smallest absolute Gasteiger partial charge is 0.118 e. The molecule has 0 bridgehead atoms. The summed E-state index contributed by atoms with van der Waals surface area (Å²) in [7, 11) is 1.69. The summed E-state index contributed by atoms with van der Waals surface area (Å²) >= 11 is 7.82. The lowest BCUT2D eigenvalue weighted by Crippen LogP contribution is -2.09. The molecular weight excluding hydrogens is 264 g/mol. The zero-order valence-electron chi connectivity index (χ0n) is 10.4. The summed E-state index contributed by atoms with van der Waals surface area (Å²) in [6.45, 7) is 0. The quantitative estimate of drug-likeness (QED) is 0.713. The van der Waals surface area contributed by atoms with Crippen molar-refractivity contribution >= 4 is 22.9 Å². The van der Waals surface area contributed by atoms with Crippen molar-refractivity contribution in [3.05, 3.63) is 52.2 Å². The van der Waals surface area contributed by atoms with Crippen molar-refractivity contribution in [3.8, 4) is 5.75 Å². The van der Waals surface area contributed by atoms with Gasteiger partial charge in [-0.25, -0.2) is 0 Å². The Morgan fingerprint density at radius 1 is 1.11 bits per heavy atom. The molecule has 0 radical (unpaired) electrons. The summed E-state index contributed by atoms with van der Waals surface area (Å²) in [5, 5.41) is 4.32. The SMILES string of the molecule is COc1ccc(CC(CCl)Cc2ccsc2)cc1. The molecule has 2 aromatic rings. The molecule has 2 rings (SSSR count). The molecule has 0 spiro atoms. The number of rotatable bonds is 6. The Labute approximate surface area is 117 Å². The summed E-state index contributed by atoms with van der Waals surface area (Å²) in [5.74, 6) is 2.09. The predicted octanol–water partition coefficient (Wildman–Crippen LogP) is 4.40. The molecule has 18 heavy (non-hydrogen) atoms. The highest BCUT2D eigenvalue weighted by Crippen LogP contribution is 2.19. The van der Waals surface area contributed by atoms with Gasteiger partial charge in [0.1, 0.15) is 5.75 Å². The van der Waals surface area contributed by atoms with Crippen molar-refractivity contribution < 1.29 is 4.74 Å². The molecule has 1 atom stereocenters. The Morgan fingerprint density at radius 2 is 1.83 bits per heavy atom. The fraction of sp³-hybridized carbons (Fsp3) is 0.333. The molecule has 1 aromatic heterocycles. The lowest BCUT2D eigenvalue weighted by Gasteiger charge is -2.13. The summed E-state index contributed by atoms with van der Waals surface area (Å²) in [6.07, 6.45) is 2.07. The second-order valence-corrected chi connectivity index (χ2v) is 5.50. The minimum atomic E-state index is 0.495. The topological polar surface area (TPSA) is 9.23 Å². The van der Waals surface area contributed by atoms with Crippen LogP contribution >= 0.6 is 22.9 Å². The molecule has 0 saturated heterocycles. The largest absolute Gasteiger partial charge is 0.497 e. The molecule has 0 amide bonds. The summed E-state index contributed by atoms with van der Waals surface area (Å²) in [6, 6.07) is 10.4. The standard InChI is InChI=1S/C15H17ClOS/c1-17-15-4-2-12(3-5-15)8-14(10-16)9-13-6-7-18-11-13/h2-7,11,14H,8-10H2,1H3. The van der Waals surface area contributed by atoms with Crippen molar-refractivity contribution in [2.45, 2.75) is 12.8 Å². The summed E-state index contributed by atoms with van der Waals surface area (Å²) < 4.78 is 5.16. The Balaban J connectivity index is 1.96. The first kappa shape index (κ1) is 13.4. The van der Waals surface area contributed by atoms with E-state index in [1.165, 1.54) is 11.1 Å². The first-order valence-electron chi connectivity index (χ1n) is 6.01. The Morgan fingerprint density at radius 3 is 2.39 bits per heavy atom. The van der Waals surface area contributed by atoms with E-state index in [-0.39, 0.29) is 0 Å². The third-order valence-electron chi connectivity index (χ3n) is 3.01. The van der Waals surface area contributed by atoms with E-state index in [0.29, 0.717) is 11.8 Å². The third kappa shape index (κ3) is 3.76. The van der Waals surface area contributed by atoms with E-state index in [2.05, 4.69) is 29.0 Å². The van der Waals surface area contributed by atoms with E-state index in [1.54, 1.807) is 18.4 Å². The number of ether oxygens (including phenoxy) is 1. The van der Waals surface area contributed by atoms with Crippen LogP contribution < -0.4 is 4.74 Å². The molecule has 0 aliphatic heterocycles. The van der Waals surface area contributed by atoms with E-state index < -0.39 is 0 Å². The highest BCUT2D eigenvalue weighted by atomic mass is 35.5. The van der Waals surface area contributed by atoms with Gasteiger partial charge in [-0.2, -0.15) is 11.3 Å². The highest BCUT2D eigenvalue weighted by Gasteiger charge is 2.10. The second-order valence-electron chi connectivity index (χ2n) is 4.41. The number of thiophene rings is 1. The van der Waals surface area contributed by atoms with Crippen LogP contribution in [0.2, 0.25) is 0 Å². The molecule has 1 heterocycles. The van der Waals surface area contributed by atoms with Gasteiger partial charge in [-0.15, -0.1) is 11.6 Å². The normalized spacial score (nSPS) is 12.3. The fourth-order valence-electron chi connectivity index (χ4n) is 2.02. The van der Waals surface area contributed by atoms with Crippen LogP contribution in [0.3, 0.4) is 0 Å². The van der Waals surface area contributed by atoms with Crippen molar-refractivity contribution in [2.75, 3.05) is 13.0 Å². The van der Waals surface area contributed by atoms with Gasteiger partial charge in [0.15, 0.2) is 0 Å². The van der Waals surface area contributed by atoms with Gasteiger partial charge in [0, 0.05) is 5.88 Å². The maximum atomic E-state index is 6.07. The van der Waals surface area contributed by atoms with E-state index in [0.717, 1.165) is 18.6 Å². The number of methoxy groups -OCH3 is 1. The van der Waals surface area contributed by atoms with Crippen LogP contribution in [0.5, 0.6) is 5.75 Å². The molecule has 0 fully saturated rings. The van der Waals surface area contributed by atoms with Gasteiger partial charge in [-0.1, -0.05) is 12.1 Å².